The topological polar surface area (TPSA) is 87.8 Å². The Morgan fingerprint density at radius 3 is 2.51 bits per heavy atom. The van der Waals surface area contributed by atoms with E-state index in [1.165, 1.54) is 0 Å². The van der Waals surface area contributed by atoms with Crippen molar-refractivity contribution in [1.29, 1.82) is 0 Å². The molecule has 8 heteroatoms. The van der Waals surface area contributed by atoms with E-state index < -0.39 is 5.97 Å². The first-order chi connectivity index (χ1) is 17.0. The molecule has 35 heavy (non-hydrogen) atoms. The molecule has 2 aromatic heterocycles. The van der Waals surface area contributed by atoms with Gasteiger partial charge in [-0.3, -0.25) is 4.98 Å². The van der Waals surface area contributed by atoms with Crippen LogP contribution in [0.1, 0.15) is 40.8 Å². The molecule has 176 valence electrons. The number of hydrogen-bond donors (Lipinski definition) is 2. The molecule has 3 heterocycles. The summed E-state index contributed by atoms with van der Waals surface area (Å²) in [6, 6.07) is 23.5. The van der Waals surface area contributed by atoms with Gasteiger partial charge in [0.1, 0.15) is 23.3 Å². The van der Waals surface area contributed by atoms with Crippen LogP contribution in [0.25, 0.3) is 11.3 Å². The largest absolute Gasteiger partial charge is 0.494 e. The van der Waals surface area contributed by atoms with Crippen LogP contribution in [0, 0.1) is 0 Å². The van der Waals surface area contributed by atoms with Crippen LogP contribution < -0.4 is 15.0 Å². The Balaban J connectivity index is 1.53. The van der Waals surface area contributed by atoms with E-state index in [1.807, 2.05) is 66.4 Å². The van der Waals surface area contributed by atoms with Gasteiger partial charge in [-0.05, 0) is 79.8 Å². The molecule has 1 fully saturated rings. The van der Waals surface area contributed by atoms with Gasteiger partial charge in [0.25, 0.3) is 0 Å². The van der Waals surface area contributed by atoms with E-state index in [2.05, 4.69) is 10.3 Å². The first-order valence-corrected chi connectivity index (χ1v) is 11.6. The van der Waals surface area contributed by atoms with Crippen molar-refractivity contribution >= 4 is 29.0 Å². The molecule has 0 bridgehead atoms. The Hall–Kier alpha value is -4.17. The fourth-order valence-electron chi connectivity index (χ4n) is 4.24. The predicted molar refractivity (Wildman–Crippen MR) is 137 cm³/mol. The average molecular weight is 486 g/mol. The van der Waals surface area contributed by atoms with Crippen LogP contribution in [-0.4, -0.2) is 27.8 Å². The van der Waals surface area contributed by atoms with Crippen LogP contribution in [-0.2, 0) is 0 Å². The van der Waals surface area contributed by atoms with Gasteiger partial charge in [0.2, 0.25) is 0 Å². The van der Waals surface area contributed by atoms with Crippen molar-refractivity contribution in [2.75, 3.05) is 11.5 Å². The van der Waals surface area contributed by atoms with E-state index in [1.54, 1.807) is 30.5 Å². The van der Waals surface area contributed by atoms with E-state index in [0.717, 1.165) is 22.7 Å². The van der Waals surface area contributed by atoms with Crippen molar-refractivity contribution in [3.05, 3.63) is 102 Å². The quantitative estimate of drug-likeness (QED) is 0.326. The van der Waals surface area contributed by atoms with Crippen molar-refractivity contribution in [3.63, 3.8) is 0 Å². The van der Waals surface area contributed by atoms with Gasteiger partial charge in [0, 0.05) is 17.4 Å². The molecule has 0 radical (unpaired) electrons. The molecule has 0 aliphatic carbocycles. The number of hydrogen-bond acceptors (Lipinski definition) is 5. The van der Waals surface area contributed by atoms with E-state index in [4.69, 9.17) is 21.4 Å². The second kappa shape index (κ2) is 9.60. The van der Waals surface area contributed by atoms with Crippen molar-refractivity contribution in [2.24, 2.45) is 0 Å². The highest BCUT2D eigenvalue weighted by Gasteiger charge is 2.42. The van der Waals surface area contributed by atoms with Crippen molar-refractivity contribution in [2.45, 2.75) is 19.0 Å². The number of nitrogens with one attached hydrogen (secondary N) is 1. The molecule has 1 aliphatic rings. The molecule has 2 unspecified atom stereocenters. The Bertz CT molecular complexity index is 1340. The summed E-state index contributed by atoms with van der Waals surface area (Å²) in [6.45, 7) is 2.54. The molecule has 0 spiro atoms. The zero-order valence-electron chi connectivity index (χ0n) is 18.9. The Labute approximate surface area is 208 Å². The summed E-state index contributed by atoms with van der Waals surface area (Å²) in [7, 11) is 0. The number of rotatable bonds is 7. The number of benzene rings is 2. The van der Waals surface area contributed by atoms with Crippen LogP contribution in [0.2, 0.25) is 0 Å². The number of furan rings is 1. The van der Waals surface area contributed by atoms with Gasteiger partial charge in [-0.25, -0.2) is 4.79 Å². The van der Waals surface area contributed by atoms with Crippen molar-refractivity contribution in [3.8, 4) is 17.1 Å². The molecule has 1 saturated heterocycles. The number of aromatic nitrogens is 1. The number of aromatic carboxylic acids is 1. The smallest absolute Gasteiger partial charge is 0.335 e. The molecule has 2 aromatic carbocycles. The van der Waals surface area contributed by atoms with Crippen LogP contribution >= 0.6 is 12.2 Å². The van der Waals surface area contributed by atoms with E-state index >= 15 is 0 Å². The van der Waals surface area contributed by atoms with Gasteiger partial charge in [-0.15, -0.1) is 0 Å². The number of anilines is 1. The molecule has 5 rings (SSSR count). The number of thiocarbonyl (C=S) groups is 1. The highest BCUT2D eigenvalue weighted by Crippen LogP contribution is 2.43. The third kappa shape index (κ3) is 4.48. The lowest BCUT2D eigenvalue weighted by Crippen LogP contribution is -2.29. The number of ether oxygens (including phenoxy) is 1. The highest BCUT2D eigenvalue weighted by atomic mass is 32.1. The average Bonchev–Trinajstić information content (AvgIpc) is 3.50. The lowest BCUT2D eigenvalue weighted by molar-refractivity contribution is 0.0697. The number of carboxylic acids is 1. The van der Waals surface area contributed by atoms with Crippen LogP contribution in [0.3, 0.4) is 0 Å². The normalized spacial score (nSPS) is 17.3. The Morgan fingerprint density at radius 1 is 1.09 bits per heavy atom. The van der Waals surface area contributed by atoms with E-state index in [9.17, 15) is 9.90 Å². The number of carboxylic acid groups (broad SMARTS) is 1. The van der Waals surface area contributed by atoms with Crippen LogP contribution in [0.4, 0.5) is 5.69 Å². The molecule has 7 nitrogen and oxygen atoms in total. The Kier molecular flexibility index (Phi) is 6.20. The maximum atomic E-state index is 11.2. The highest BCUT2D eigenvalue weighted by molar-refractivity contribution is 7.80. The molecule has 0 amide bonds. The Morgan fingerprint density at radius 2 is 1.86 bits per heavy atom. The van der Waals surface area contributed by atoms with Gasteiger partial charge in [0.05, 0.1) is 23.9 Å². The fourth-order valence-corrected chi connectivity index (χ4v) is 4.58. The lowest BCUT2D eigenvalue weighted by atomic mass is 10.0. The predicted octanol–water partition coefficient (Wildman–Crippen LogP) is 5.62. The summed E-state index contributed by atoms with van der Waals surface area (Å²) in [6.07, 6.45) is 1.76. The molecule has 1 aliphatic heterocycles. The monoisotopic (exact) mass is 485 g/mol. The fraction of sp³-hybridized carbons (Fsp3) is 0.148. The lowest BCUT2D eigenvalue weighted by Gasteiger charge is -2.26. The minimum Gasteiger partial charge on any atom is -0.494 e. The summed E-state index contributed by atoms with van der Waals surface area (Å²) in [5.74, 6) is 1.17. The van der Waals surface area contributed by atoms with E-state index in [0.29, 0.717) is 23.2 Å². The SMILES string of the molecule is CCOc1ccc(N2C(=S)NC(c3ccccn3)C2c2ccc(-c3ccc(C(=O)O)cc3)o2)cc1. The number of pyridine rings is 1. The first-order valence-electron chi connectivity index (χ1n) is 11.2. The molecule has 2 atom stereocenters. The van der Waals surface area contributed by atoms with Crippen LogP contribution in [0.5, 0.6) is 5.75 Å². The second-order valence-electron chi connectivity index (χ2n) is 8.01. The zero-order valence-corrected chi connectivity index (χ0v) is 19.7. The molecule has 2 N–H and O–H groups in total. The first kappa shape index (κ1) is 22.6. The zero-order chi connectivity index (χ0) is 24.4. The third-order valence-electron chi connectivity index (χ3n) is 5.86. The van der Waals surface area contributed by atoms with Gasteiger partial charge in [-0.1, -0.05) is 18.2 Å². The second-order valence-corrected chi connectivity index (χ2v) is 8.39. The minimum absolute atomic E-state index is 0.225. The maximum absolute atomic E-state index is 11.2. The maximum Gasteiger partial charge on any atom is 0.335 e. The summed E-state index contributed by atoms with van der Waals surface area (Å²) in [4.78, 5) is 17.8. The summed E-state index contributed by atoms with van der Waals surface area (Å²) < 4.78 is 11.9. The number of carbonyl (C=O) groups is 1. The van der Waals surface area contributed by atoms with Gasteiger partial charge in [0.15, 0.2) is 5.11 Å². The van der Waals surface area contributed by atoms with E-state index in [-0.39, 0.29) is 17.6 Å². The molecule has 0 saturated carbocycles. The number of nitrogens with zero attached hydrogens (tertiary/aromatic N) is 2. The third-order valence-corrected chi connectivity index (χ3v) is 6.17. The summed E-state index contributed by atoms with van der Waals surface area (Å²) >= 11 is 5.76. The minimum atomic E-state index is -0.966. The van der Waals surface area contributed by atoms with Crippen LogP contribution in [0.15, 0.2) is 89.5 Å². The molecular formula is C27H23N3O4S. The van der Waals surface area contributed by atoms with Gasteiger partial charge in [-0.2, -0.15) is 0 Å². The van der Waals surface area contributed by atoms with Crippen molar-refractivity contribution in [1.82, 2.24) is 10.3 Å². The van der Waals surface area contributed by atoms with Crippen molar-refractivity contribution < 1.29 is 19.1 Å². The summed E-state index contributed by atoms with van der Waals surface area (Å²) in [5, 5.41) is 13.2. The summed E-state index contributed by atoms with van der Waals surface area (Å²) in [5.41, 5.74) is 2.76. The standard InChI is InChI=1S/C27H23N3O4S/c1-2-33-20-12-10-19(11-13-20)30-25(24(29-27(30)35)21-5-3-4-16-28-21)23-15-14-22(34-23)17-6-8-18(9-7-17)26(31)32/h3-16,24-25H,2H2,1H3,(H,29,35)(H,31,32). The van der Waals surface area contributed by atoms with Gasteiger partial charge < -0.3 is 24.5 Å². The van der Waals surface area contributed by atoms with Gasteiger partial charge >= 0.3 is 5.97 Å². The molecule has 4 aromatic rings. The molecular weight excluding hydrogens is 462 g/mol.